The molecule has 1 aromatic carbocycles. The number of hydrogen-bond donors (Lipinski definition) is 1. The highest BCUT2D eigenvalue weighted by molar-refractivity contribution is 5.30. The lowest BCUT2D eigenvalue weighted by Gasteiger charge is -2.18. The van der Waals surface area contributed by atoms with E-state index in [2.05, 4.69) is 51.2 Å². The van der Waals surface area contributed by atoms with Gasteiger partial charge in [0.1, 0.15) is 0 Å². The van der Waals surface area contributed by atoms with Gasteiger partial charge in [-0.25, -0.2) is 0 Å². The molecule has 0 saturated heterocycles. The van der Waals surface area contributed by atoms with Crippen LogP contribution in [0.25, 0.3) is 0 Å². The van der Waals surface area contributed by atoms with Crippen molar-refractivity contribution in [2.24, 2.45) is 5.41 Å². The second kappa shape index (κ2) is 4.81. The van der Waals surface area contributed by atoms with Gasteiger partial charge in [-0.2, -0.15) is 0 Å². The summed E-state index contributed by atoms with van der Waals surface area (Å²) in [5.74, 6) is 0. The number of aryl methyl sites for hydroxylation is 2. The average molecular weight is 231 g/mol. The lowest BCUT2D eigenvalue weighted by atomic mass is 9.92. The van der Waals surface area contributed by atoms with Crippen LogP contribution < -0.4 is 5.32 Å². The van der Waals surface area contributed by atoms with Gasteiger partial charge in [0.25, 0.3) is 0 Å². The molecule has 1 heteroatoms. The maximum absolute atomic E-state index is 3.71. The fourth-order valence-electron chi connectivity index (χ4n) is 2.91. The molecule has 1 saturated carbocycles. The molecule has 17 heavy (non-hydrogen) atoms. The van der Waals surface area contributed by atoms with Crippen molar-refractivity contribution in [2.75, 3.05) is 0 Å². The van der Waals surface area contributed by atoms with E-state index in [9.17, 15) is 0 Å². The van der Waals surface area contributed by atoms with Crippen LogP contribution in [0.1, 0.15) is 49.8 Å². The molecule has 1 atom stereocenters. The summed E-state index contributed by atoms with van der Waals surface area (Å²) in [4.78, 5) is 0. The molecule has 1 aliphatic rings. The minimum Gasteiger partial charge on any atom is -0.310 e. The molecule has 0 radical (unpaired) electrons. The minimum atomic E-state index is 0.542. The standard InChI is InChI=1S/C16H25N/c1-12-5-6-14(13(2)9-12)11-17-15-7-8-16(3,4)10-15/h5-6,9,15,17H,7-8,10-11H2,1-4H3. The molecule has 0 amide bonds. The maximum Gasteiger partial charge on any atom is 0.0210 e. The molecule has 1 N–H and O–H groups in total. The molecule has 1 nitrogen and oxygen atoms in total. The summed E-state index contributed by atoms with van der Waals surface area (Å²) >= 11 is 0. The van der Waals surface area contributed by atoms with Gasteiger partial charge in [-0.15, -0.1) is 0 Å². The number of nitrogens with one attached hydrogen (secondary N) is 1. The zero-order valence-electron chi connectivity index (χ0n) is 11.6. The van der Waals surface area contributed by atoms with E-state index in [1.165, 1.54) is 36.0 Å². The van der Waals surface area contributed by atoms with Gasteiger partial charge in [-0.05, 0) is 49.7 Å². The van der Waals surface area contributed by atoms with Crippen molar-refractivity contribution in [2.45, 2.75) is 59.5 Å². The lowest BCUT2D eigenvalue weighted by molar-refractivity contribution is 0.364. The minimum absolute atomic E-state index is 0.542. The highest BCUT2D eigenvalue weighted by Crippen LogP contribution is 2.37. The Hall–Kier alpha value is -0.820. The predicted molar refractivity (Wildman–Crippen MR) is 74.2 cm³/mol. The molecule has 1 unspecified atom stereocenters. The number of rotatable bonds is 3. The van der Waals surface area contributed by atoms with E-state index >= 15 is 0 Å². The first kappa shape index (κ1) is 12.6. The van der Waals surface area contributed by atoms with Crippen molar-refractivity contribution in [3.8, 4) is 0 Å². The molecular weight excluding hydrogens is 206 g/mol. The summed E-state index contributed by atoms with van der Waals surface area (Å²) in [5, 5.41) is 3.71. The van der Waals surface area contributed by atoms with Crippen LogP contribution in [-0.4, -0.2) is 6.04 Å². The van der Waals surface area contributed by atoms with E-state index in [-0.39, 0.29) is 0 Å². The normalized spacial score (nSPS) is 22.9. The van der Waals surface area contributed by atoms with Gasteiger partial charge in [-0.3, -0.25) is 0 Å². The Morgan fingerprint density at radius 2 is 2.06 bits per heavy atom. The van der Waals surface area contributed by atoms with E-state index < -0.39 is 0 Å². The molecule has 94 valence electrons. The zero-order valence-corrected chi connectivity index (χ0v) is 11.6. The van der Waals surface area contributed by atoms with Crippen molar-refractivity contribution >= 4 is 0 Å². The Labute approximate surface area is 106 Å². The third-order valence-corrected chi connectivity index (χ3v) is 4.05. The number of benzene rings is 1. The third kappa shape index (κ3) is 3.32. The Morgan fingerprint density at radius 3 is 2.65 bits per heavy atom. The van der Waals surface area contributed by atoms with Crippen LogP contribution in [0.3, 0.4) is 0 Å². The van der Waals surface area contributed by atoms with Crippen molar-refractivity contribution in [3.05, 3.63) is 34.9 Å². The monoisotopic (exact) mass is 231 g/mol. The smallest absolute Gasteiger partial charge is 0.0210 e. The van der Waals surface area contributed by atoms with Crippen LogP contribution in [0, 0.1) is 19.3 Å². The highest BCUT2D eigenvalue weighted by Gasteiger charge is 2.30. The van der Waals surface area contributed by atoms with Gasteiger partial charge < -0.3 is 5.32 Å². The van der Waals surface area contributed by atoms with Gasteiger partial charge >= 0.3 is 0 Å². The summed E-state index contributed by atoms with van der Waals surface area (Å²) < 4.78 is 0. The second-order valence-electron chi connectivity index (χ2n) is 6.41. The third-order valence-electron chi connectivity index (χ3n) is 4.05. The Morgan fingerprint density at radius 1 is 1.29 bits per heavy atom. The summed E-state index contributed by atoms with van der Waals surface area (Å²) in [7, 11) is 0. The Bertz CT molecular complexity index is 393. The topological polar surface area (TPSA) is 12.0 Å². The van der Waals surface area contributed by atoms with Crippen LogP contribution in [0.4, 0.5) is 0 Å². The van der Waals surface area contributed by atoms with Gasteiger partial charge in [0.15, 0.2) is 0 Å². The first-order valence-electron chi connectivity index (χ1n) is 6.76. The van der Waals surface area contributed by atoms with Crippen molar-refractivity contribution in [1.29, 1.82) is 0 Å². The van der Waals surface area contributed by atoms with Gasteiger partial charge in [-0.1, -0.05) is 37.6 Å². The SMILES string of the molecule is Cc1ccc(CNC2CCC(C)(C)C2)c(C)c1. The second-order valence-corrected chi connectivity index (χ2v) is 6.41. The van der Waals surface area contributed by atoms with Crippen LogP contribution >= 0.6 is 0 Å². The molecule has 0 bridgehead atoms. The Balaban J connectivity index is 1.90. The fourth-order valence-corrected chi connectivity index (χ4v) is 2.91. The van der Waals surface area contributed by atoms with E-state index in [4.69, 9.17) is 0 Å². The van der Waals surface area contributed by atoms with Crippen molar-refractivity contribution < 1.29 is 0 Å². The van der Waals surface area contributed by atoms with Gasteiger partial charge in [0.05, 0.1) is 0 Å². The van der Waals surface area contributed by atoms with E-state index in [0.717, 1.165) is 6.54 Å². The van der Waals surface area contributed by atoms with Crippen LogP contribution in [-0.2, 0) is 6.54 Å². The van der Waals surface area contributed by atoms with Crippen molar-refractivity contribution in [3.63, 3.8) is 0 Å². The summed E-state index contributed by atoms with van der Waals surface area (Å²) in [6.07, 6.45) is 4.01. The predicted octanol–water partition coefficient (Wildman–Crippen LogP) is 3.97. The van der Waals surface area contributed by atoms with Gasteiger partial charge in [0, 0.05) is 12.6 Å². The quantitative estimate of drug-likeness (QED) is 0.830. The summed E-state index contributed by atoms with van der Waals surface area (Å²) in [6, 6.07) is 7.46. The molecule has 1 aromatic rings. The molecule has 0 heterocycles. The largest absolute Gasteiger partial charge is 0.310 e. The van der Waals surface area contributed by atoms with Gasteiger partial charge in [0.2, 0.25) is 0 Å². The molecular formula is C16H25N. The zero-order chi connectivity index (χ0) is 12.5. The Kier molecular flexibility index (Phi) is 3.58. The number of hydrogen-bond acceptors (Lipinski definition) is 1. The van der Waals surface area contributed by atoms with Crippen molar-refractivity contribution in [1.82, 2.24) is 5.32 Å². The molecule has 0 spiro atoms. The summed E-state index contributed by atoms with van der Waals surface area (Å²) in [5.41, 5.74) is 4.75. The first-order chi connectivity index (χ1) is 7.96. The van der Waals surface area contributed by atoms with E-state index in [1.807, 2.05) is 0 Å². The summed E-state index contributed by atoms with van der Waals surface area (Å²) in [6.45, 7) is 10.1. The molecule has 0 aliphatic heterocycles. The molecule has 1 aliphatic carbocycles. The van der Waals surface area contributed by atoms with Crippen LogP contribution in [0.15, 0.2) is 18.2 Å². The first-order valence-corrected chi connectivity index (χ1v) is 6.76. The lowest BCUT2D eigenvalue weighted by Crippen LogP contribution is -2.27. The van der Waals surface area contributed by atoms with E-state index in [0.29, 0.717) is 11.5 Å². The molecule has 1 fully saturated rings. The maximum atomic E-state index is 3.71. The average Bonchev–Trinajstić information content (AvgIpc) is 2.57. The molecule has 2 rings (SSSR count). The van der Waals surface area contributed by atoms with Crippen LogP contribution in [0.2, 0.25) is 0 Å². The van der Waals surface area contributed by atoms with E-state index in [1.54, 1.807) is 0 Å². The fraction of sp³-hybridized carbons (Fsp3) is 0.625. The van der Waals surface area contributed by atoms with Crippen LogP contribution in [0.5, 0.6) is 0 Å². The molecule has 0 aromatic heterocycles. The highest BCUT2D eigenvalue weighted by atomic mass is 14.9.